The van der Waals surface area contributed by atoms with Crippen LogP contribution in [-0.4, -0.2) is 20.5 Å². The lowest BCUT2D eigenvalue weighted by molar-refractivity contribution is 0.414. The van der Waals surface area contributed by atoms with E-state index < -0.39 is 10.0 Å². The van der Waals surface area contributed by atoms with Crippen LogP contribution in [0.2, 0.25) is 0 Å². The van der Waals surface area contributed by atoms with Gasteiger partial charge in [0.15, 0.2) is 0 Å². The minimum atomic E-state index is -3.92. The van der Waals surface area contributed by atoms with Crippen LogP contribution in [0.4, 0.5) is 11.4 Å². The van der Waals surface area contributed by atoms with E-state index in [-0.39, 0.29) is 4.90 Å². The van der Waals surface area contributed by atoms with Crippen LogP contribution in [0.3, 0.4) is 0 Å². The summed E-state index contributed by atoms with van der Waals surface area (Å²) in [5.41, 5.74) is 5.20. The van der Waals surface area contributed by atoms with E-state index in [0.717, 1.165) is 32.9 Å². The van der Waals surface area contributed by atoms with Crippen molar-refractivity contribution in [3.8, 4) is 5.75 Å². The monoisotopic (exact) mass is 456 g/mol. The number of H-pyrrole nitrogens is 1. The highest BCUT2D eigenvalue weighted by Gasteiger charge is 2.29. The number of hydrogen-bond donors (Lipinski definition) is 1. The SMILES string of the molecule is COc1ccc(S(=O)(=O)N(c2ccccc2)c2cccc3c2[nH]c2c(C)ccc(C)c23)cc1. The van der Waals surface area contributed by atoms with Gasteiger partial charge in [0.1, 0.15) is 5.75 Å². The molecule has 0 atom stereocenters. The molecule has 5 rings (SSSR count). The Morgan fingerprint density at radius 3 is 2.15 bits per heavy atom. The van der Waals surface area contributed by atoms with Crippen LogP contribution in [0.25, 0.3) is 21.8 Å². The van der Waals surface area contributed by atoms with Crippen molar-refractivity contribution in [3.63, 3.8) is 0 Å². The zero-order valence-electron chi connectivity index (χ0n) is 18.7. The van der Waals surface area contributed by atoms with Crippen LogP contribution < -0.4 is 9.04 Å². The average Bonchev–Trinajstić information content (AvgIpc) is 3.24. The molecule has 1 heterocycles. The van der Waals surface area contributed by atoms with Gasteiger partial charge in [0.05, 0.1) is 28.9 Å². The molecule has 0 radical (unpaired) electrons. The first-order chi connectivity index (χ1) is 15.9. The summed E-state index contributed by atoms with van der Waals surface area (Å²) in [6.07, 6.45) is 0. The fraction of sp³-hybridized carbons (Fsp3) is 0.111. The highest BCUT2D eigenvalue weighted by molar-refractivity contribution is 7.93. The maximum atomic E-state index is 14.0. The quantitative estimate of drug-likeness (QED) is 0.329. The lowest BCUT2D eigenvalue weighted by Crippen LogP contribution is -2.26. The molecule has 0 unspecified atom stereocenters. The van der Waals surface area contributed by atoms with Gasteiger partial charge >= 0.3 is 0 Å². The van der Waals surface area contributed by atoms with Gasteiger partial charge in [-0.2, -0.15) is 0 Å². The predicted molar refractivity (Wildman–Crippen MR) is 134 cm³/mol. The largest absolute Gasteiger partial charge is 0.497 e. The second-order valence-electron chi connectivity index (χ2n) is 8.05. The number of para-hydroxylation sites is 2. The Labute approximate surface area is 193 Å². The molecule has 0 saturated carbocycles. The summed E-state index contributed by atoms with van der Waals surface area (Å²) in [5.74, 6) is 0.601. The number of methoxy groups -OCH3 is 1. The third-order valence-electron chi connectivity index (χ3n) is 5.99. The molecular formula is C27H24N2O3S. The third-order valence-corrected chi connectivity index (χ3v) is 7.75. The maximum absolute atomic E-state index is 14.0. The molecule has 0 saturated heterocycles. The number of benzene rings is 4. The maximum Gasteiger partial charge on any atom is 0.268 e. The summed E-state index contributed by atoms with van der Waals surface area (Å²) < 4.78 is 34.6. The first-order valence-corrected chi connectivity index (χ1v) is 12.1. The summed E-state index contributed by atoms with van der Waals surface area (Å²) >= 11 is 0. The molecule has 0 aliphatic rings. The van der Waals surface area contributed by atoms with Crippen molar-refractivity contribution < 1.29 is 13.2 Å². The number of aryl methyl sites for hydroxylation is 2. The number of nitrogens with zero attached hydrogens (tertiary/aromatic N) is 1. The van der Waals surface area contributed by atoms with E-state index in [1.807, 2.05) is 36.4 Å². The molecule has 0 fully saturated rings. The number of aromatic amines is 1. The van der Waals surface area contributed by atoms with E-state index in [1.165, 1.54) is 4.31 Å². The number of rotatable bonds is 5. The number of sulfonamides is 1. The Morgan fingerprint density at radius 2 is 1.45 bits per heavy atom. The molecule has 0 amide bonds. The van der Waals surface area contributed by atoms with E-state index in [4.69, 9.17) is 4.74 Å². The van der Waals surface area contributed by atoms with E-state index in [1.54, 1.807) is 43.5 Å². The smallest absolute Gasteiger partial charge is 0.268 e. The Morgan fingerprint density at radius 1 is 0.758 bits per heavy atom. The first kappa shape index (κ1) is 21.1. The summed E-state index contributed by atoms with van der Waals surface area (Å²) in [7, 11) is -2.37. The van der Waals surface area contributed by atoms with Gasteiger partial charge in [-0.1, -0.05) is 42.5 Å². The molecule has 4 aromatic carbocycles. The average molecular weight is 457 g/mol. The molecule has 33 heavy (non-hydrogen) atoms. The number of nitrogens with one attached hydrogen (secondary N) is 1. The second kappa shape index (κ2) is 7.98. The highest BCUT2D eigenvalue weighted by Crippen LogP contribution is 2.40. The van der Waals surface area contributed by atoms with Crippen LogP contribution in [0, 0.1) is 13.8 Å². The van der Waals surface area contributed by atoms with Gasteiger partial charge in [0.2, 0.25) is 0 Å². The van der Waals surface area contributed by atoms with Crippen LogP contribution >= 0.6 is 0 Å². The van der Waals surface area contributed by atoms with Crippen molar-refractivity contribution in [3.05, 3.63) is 96.1 Å². The summed E-state index contributed by atoms with van der Waals surface area (Å²) in [6.45, 7) is 4.13. The third kappa shape index (κ3) is 3.43. The molecule has 0 bridgehead atoms. The fourth-order valence-electron chi connectivity index (χ4n) is 4.32. The van der Waals surface area contributed by atoms with Gasteiger partial charge in [0.25, 0.3) is 10.0 Å². The number of hydrogen-bond acceptors (Lipinski definition) is 3. The zero-order chi connectivity index (χ0) is 23.2. The van der Waals surface area contributed by atoms with Gasteiger partial charge in [-0.15, -0.1) is 0 Å². The van der Waals surface area contributed by atoms with Gasteiger partial charge in [-0.25, -0.2) is 12.7 Å². The first-order valence-electron chi connectivity index (χ1n) is 10.7. The van der Waals surface area contributed by atoms with Gasteiger partial charge in [0, 0.05) is 16.3 Å². The number of anilines is 2. The minimum Gasteiger partial charge on any atom is -0.497 e. The van der Waals surface area contributed by atoms with Gasteiger partial charge in [-0.3, -0.25) is 0 Å². The van der Waals surface area contributed by atoms with Crippen LogP contribution in [-0.2, 0) is 10.0 Å². The molecule has 0 spiro atoms. The summed E-state index contributed by atoms with van der Waals surface area (Å²) in [5, 5.41) is 2.11. The van der Waals surface area contributed by atoms with E-state index in [0.29, 0.717) is 17.1 Å². The topological polar surface area (TPSA) is 62.4 Å². The molecule has 1 aromatic heterocycles. The Bertz CT molecular complexity index is 1570. The molecule has 1 N–H and O–H groups in total. The van der Waals surface area contributed by atoms with Crippen molar-refractivity contribution in [1.29, 1.82) is 0 Å². The lowest BCUT2D eigenvalue weighted by atomic mass is 10.0. The van der Waals surface area contributed by atoms with Gasteiger partial charge < -0.3 is 9.72 Å². The zero-order valence-corrected chi connectivity index (χ0v) is 19.5. The Balaban J connectivity index is 1.81. The van der Waals surface area contributed by atoms with Crippen molar-refractivity contribution in [2.45, 2.75) is 18.7 Å². The molecule has 5 aromatic rings. The second-order valence-corrected chi connectivity index (χ2v) is 9.84. The van der Waals surface area contributed by atoms with Crippen molar-refractivity contribution in [2.75, 3.05) is 11.4 Å². The predicted octanol–water partition coefficient (Wildman–Crippen LogP) is 6.47. The van der Waals surface area contributed by atoms with E-state index in [2.05, 4.69) is 31.0 Å². The van der Waals surface area contributed by atoms with Crippen molar-refractivity contribution >= 4 is 43.2 Å². The van der Waals surface area contributed by atoms with Crippen LogP contribution in [0.15, 0.2) is 89.8 Å². The summed E-state index contributed by atoms with van der Waals surface area (Å²) in [6, 6.07) is 25.6. The fourth-order valence-corrected chi connectivity index (χ4v) is 5.82. The number of ether oxygens (including phenoxy) is 1. The van der Waals surface area contributed by atoms with Crippen LogP contribution in [0.5, 0.6) is 5.75 Å². The lowest BCUT2D eigenvalue weighted by Gasteiger charge is -2.25. The number of fused-ring (bicyclic) bond motifs is 3. The molecule has 5 nitrogen and oxygen atoms in total. The molecule has 0 aliphatic heterocycles. The Hall–Kier alpha value is -3.77. The standard InChI is InChI=1S/C27H24N2O3S/c1-18-12-13-19(2)26-25(18)23-10-7-11-24(27(23)28-26)29(20-8-5-4-6-9-20)33(30,31)22-16-14-21(32-3)15-17-22/h4-17,28H,1-3H3. The van der Waals surface area contributed by atoms with Crippen LogP contribution in [0.1, 0.15) is 11.1 Å². The van der Waals surface area contributed by atoms with E-state index >= 15 is 0 Å². The molecule has 0 aliphatic carbocycles. The van der Waals surface area contributed by atoms with Crippen molar-refractivity contribution in [1.82, 2.24) is 4.98 Å². The van der Waals surface area contributed by atoms with Gasteiger partial charge in [-0.05, 0) is 67.4 Å². The molecule has 6 heteroatoms. The molecular weight excluding hydrogens is 432 g/mol. The van der Waals surface area contributed by atoms with Crippen molar-refractivity contribution in [2.24, 2.45) is 0 Å². The summed E-state index contributed by atoms with van der Waals surface area (Å²) in [4.78, 5) is 3.71. The Kier molecular flexibility index (Phi) is 5.10. The molecule has 166 valence electrons. The number of aromatic nitrogens is 1. The minimum absolute atomic E-state index is 0.188. The highest BCUT2D eigenvalue weighted by atomic mass is 32.2. The normalized spacial score (nSPS) is 11.7. The van der Waals surface area contributed by atoms with E-state index in [9.17, 15) is 8.42 Å².